The molecule has 0 amide bonds. The Labute approximate surface area is 264 Å². The second-order valence-corrected chi connectivity index (χ2v) is 12.6. The molecule has 0 aliphatic carbocycles. The van der Waals surface area contributed by atoms with E-state index in [1.54, 1.807) is 42.6 Å². The molecular weight excluding hydrogens is 602 g/mol. The first kappa shape index (κ1) is 33.0. The number of alkyl halides is 6. The van der Waals surface area contributed by atoms with Crippen LogP contribution in [0.1, 0.15) is 90.0 Å². The van der Waals surface area contributed by atoms with Gasteiger partial charge in [0.05, 0.1) is 11.4 Å². The minimum absolute atomic E-state index is 0.0308. The number of halogens is 6. The second kappa shape index (κ2) is 11.5. The molecule has 4 nitrogen and oxygen atoms in total. The van der Waals surface area contributed by atoms with Crippen molar-refractivity contribution in [3.63, 3.8) is 0 Å². The predicted molar refractivity (Wildman–Crippen MR) is 168 cm³/mol. The van der Waals surface area contributed by atoms with E-state index in [4.69, 9.17) is 0 Å². The van der Waals surface area contributed by atoms with E-state index in [9.17, 15) is 26.3 Å². The average Bonchev–Trinajstić information content (AvgIpc) is 2.99. The van der Waals surface area contributed by atoms with E-state index in [0.717, 1.165) is 16.8 Å². The lowest BCUT2D eigenvalue weighted by atomic mass is 9.81. The SMILES string of the molecule is Cc1cc(C2=NC(C)(C)C(F)(F)c3ccccc32)cnc1C.Cc1cc(C2=NC(C)(C)C(F)(F)c3ccccc32)cnc1C(F)F. The lowest BCUT2D eigenvalue weighted by Gasteiger charge is -2.37. The summed E-state index contributed by atoms with van der Waals surface area (Å²) in [5, 5.41) is 0. The van der Waals surface area contributed by atoms with Gasteiger partial charge in [-0.2, -0.15) is 17.6 Å². The smallest absolute Gasteiger partial charge is 0.271 e. The van der Waals surface area contributed by atoms with E-state index in [1.807, 2.05) is 19.9 Å². The van der Waals surface area contributed by atoms with E-state index in [1.165, 1.54) is 59.0 Å². The summed E-state index contributed by atoms with van der Waals surface area (Å²) in [5.41, 5.74) is 1.66. The van der Waals surface area contributed by atoms with Crippen molar-refractivity contribution in [2.24, 2.45) is 9.98 Å². The summed E-state index contributed by atoms with van der Waals surface area (Å²) >= 11 is 0. The molecule has 10 heteroatoms. The molecule has 4 aromatic rings. The van der Waals surface area contributed by atoms with Crippen LogP contribution >= 0.6 is 0 Å². The van der Waals surface area contributed by atoms with Gasteiger partial charge in [0.2, 0.25) is 0 Å². The molecule has 240 valence electrons. The lowest BCUT2D eigenvalue weighted by molar-refractivity contribution is -0.0683. The Morgan fingerprint density at radius 3 is 1.41 bits per heavy atom. The number of aliphatic imine (C=N–C) groups is 2. The maximum absolute atomic E-state index is 14.7. The van der Waals surface area contributed by atoms with Crippen molar-refractivity contribution in [3.8, 4) is 0 Å². The molecule has 6 rings (SSSR count). The second-order valence-electron chi connectivity index (χ2n) is 12.6. The number of pyridine rings is 2. The van der Waals surface area contributed by atoms with Gasteiger partial charge in [-0.15, -0.1) is 0 Å². The highest BCUT2D eigenvalue weighted by Gasteiger charge is 2.53. The zero-order valence-corrected chi connectivity index (χ0v) is 26.6. The van der Waals surface area contributed by atoms with Crippen molar-refractivity contribution < 1.29 is 26.3 Å². The summed E-state index contributed by atoms with van der Waals surface area (Å²) in [6.45, 7) is 11.1. The molecule has 0 spiro atoms. The van der Waals surface area contributed by atoms with Gasteiger partial charge in [0, 0.05) is 51.5 Å². The average molecular weight is 637 g/mol. The van der Waals surface area contributed by atoms with Crippen LogP contribution in [0.3, 0.4) is 0 Å². The van der Waals surface area contributed by atoms with E-state index in [0.29, 0.717) is 33.7 Å². The number of fused-ring (bicyclic) bond motifs is 2. The predicted octanol–water partition coefficient (Wildman–Crippen LogP) is 9.47. The van der Waals surface area contributed by atoms with Crippen LogP contribution in [0.2, 0.25) is 0 Å². The Morgan fingerprint density at radius 2 is 1.00 bits per heavy atom. The molecule has 46 heavy (non-hydrogen) atoms. The highest BCUT2D eigenvalue weighted by atomic mass is 19.3. The Balaban J connectivity index is 0.000000182. The van der Waals surface area contributed by atoms with Crippen molar-refractivity contribution in [1.29, 1.82) is 0 Å². The fourth-order valence-electron chi connectivity index (χ4n) is 5.56. The first-order valence-electron chi connectivity index (χ1n) is 14.7. The van der Waals surface area contributed by atoms with Gasteiger partial charge in [-0.1, -0.05) is 48.5 Å². The Bertz CT molecular complexity index is 1870. The molecule has 2 aromatic heterocycles. The van der Waals surface area contributed by atoms with Crippen LogP contribution in [0.5, 0.6) is 0 Å². The first-order valence-corrected chi connectivity index (χ1v) is 14.7. The molecule has 0 radical (unpaired) electrons. The van der Waals surface area contributed by atoms with E-state index < -0.39 is 29.3 Å². The number of benzene rings is 2. The third kappa shape index (κ3) is 5.52. The molecule has 0 saturated heterocycles. The molecule has 0 N–H and O–H groups in total. The molecule has 0 fully saturated rings. The monoisotopic (exact) mass is 636 g/mol. The number of aromatic nitrogens is 2. The van der Waals surface area contributed by atoms with Gasteiger partial charge in [-0.25, -0.2) is 8.78 Å². The number of rotatable bonds is 3. The van der Waals surface area contributed by atoms with Crippen molar-refractivity contribution in [2.45, 2.75) is 77.8 Å². The van der Waals surface area contributed by atoms with Crippen molar-refractivity contribution >= 4 is 11.4 Å². The number of hydrogen-bond acceptors (Lipinski definition) is 4. The zero-order valence-electron chi connectivity index (χ0n) is 26.6. The molecule has 0 atom stereocenters. The molecule has 2 aliphatic rings. The molecule has 4 heterocycles. The summed E-state index contributed by atoms with van der Waals surface area (Å²) in [4.78, 5) is 16.7. The molecule has 2 aliphatic heterocycles. The van der Waals surface area contributed by atoms with Gasteiger partial charge < -0.3 is 0 Å². The number of hydrogen-bond donors (Lipinski definition) is 0. The number of aryl methyl sites for hydroxylation is 3. The largest absolute Gasteiger partial charge is 0.297 e. The van der Waals surface area contributed by atoms with Gasteiger partial charge in [-0.3, -0.25) is 20.0 Å². The van der Waals surface area contributed by atoms with Gasteiger partial charge in [-0.05, 0) is 71.7 Å². The molecular formula is C36H34F6N4. The van der Waals surface area contributed by atoms with Crippen LogP contribution in [0.15, 0.2) is 83.0 Å². The Hall–Kier alpha value is -4.34. The molecule has 0 bridgehead atoms. The third-order valence-electron chi connectivity index (χ3n) is 8.57. The van der Waals surface area contributed by atoms with Gasteiger partial charge >= 0.3 is 0 Å². The van der Waals surface area contributed by atoms with E-state index in [2.05, 4.69) is 20.0 Å². The summed E-state index contributed by atoms with van der Waals surface area (Å²) in [5.74, 6) is -6.13. The van der Waals surface area contributed by atoms with Crippen molar-refractivity contribution in [1.82, 2.24) is 9.97 Å². The highest BCUT2D eigenvalue weighted by Crippen LogP contribution is 2.48. The maximum Gasteiger partial charge on any atom is 0.297 e. The maximum atomic E-state index is 14.7. The van der Waals surface area contributed by atoms with Crippen LogP contribution in [-0.2, 0) is 11.8 Å². The summed E-state index contributed by atoms with van der Waals surface area (Å²) in [6, 6.07) is 16.2. The Morgan fingerprint density at radius 1 is 0.587 bits per heavy atom. The van der Waals surface area contributed by atoms with Crippen LogP contribution in [0, 0.1) is 20.8 Å². The van der Waals surface area contributed by atoms with Crippen LogP contribution in [-0.4, -0.2) is 32.5 Å². The van der Waals surface area contributed by atoms with Crippen LogP contribution in [0.25, 0.3) is 0 Å². The van der Waals surface area contributed by atoms with Crippen molar-refractivity contribution in [2.75, 3.05) is 0 Å². The summed E-state index contributed by atoms with van der Waals surface area (Å²) in [6.07, 6.45) is 0.293. The summed E-state index contributed by atoms with van der Waals surface area (Å²) < 4.78 is 84.5. The van der Waals surface area contributed by atoms with Crippen LogP contribution < -0.4 is 0 Å². The fourth-order valence-corrected chi connectivity index (χ4v) is 5.56. The summed E-state index contributed by atoms with van der Waals surface area (Å²) in [7, 11) is 0. The topological polar surface area (TPSA) is 50.5 Å². The quantitative estimate of drug-likeness (QED) is 0.210. The van der Waals surface area contributed by atoms with Crippen molar-refractivity contribution in [3.05, 3.63) is 129 Å². The standard InChI is InChI=1S/C18H16F4N2.C18H18F2N2/c1-10-8-11(9-23-14(10)16(19)20)15-12-6-4-5-7-13(12)18(21,22)17(2,3)24-15;1-11-9-13(10-21-12(11)2)16-14-7-5-6-8-15(14)18(19,20)17(3,4)22-16/h4-9,16H,1-3H3;5-10H,1-4H3. The Kier molecular flexibility index (Phi) is 8.24. The first-order chi connectivity index (χ1) is 21.4. The fraction of sp³-hybridized carbons (Fsp3) is 0.333. The zero-order chi connectivity index (χ0) is 33.8. The molecule has 2 aromatic carbocycles. The van der Waals surface area contributed by atoms with Gasteiger partial charge in [0.25, 0.3) is 18.3 Å². The highest BCUT2D eigenvalue weighted by molar-refractivity contribution is 6.15. The molecule has 0 unspecified atom stereocenters. The van der Waals surface area contributed by atoms with Gasteiger partial charge in [0.15, 0.2) is 0 Å². The minimum atomic E-state index is -3.13. The molecule has 0 saturated carbocycles. The van der Waals surface area contributed by atoms with E-state index in [-0.39, 0.29) is 16.8 Å². The third-order valence-corrected chi connectivity index (χ3v) is 8.57. The normalized spacial score (nSPS) is 18.4. The minimum Gasteiger partial charge on any atom is -0.271 e. The van der Waals surface area contributed by atoms with Crippen LogP contribution in [0.4, 0.5) is 26.3 Å². The van der Waals surface area contributed by atoms with E-state index >= 15 is 0 Å². The lowest BCUT2D eigenvalue weighted by Crippen LogP contribution is -2.44. The number of nitrogens with zero attached hydrogens (tertiary/aromatic N) is 4. The van der Waals surface area contributed by atoms with Gasteiger partial charge in [0.1, 0.15) is 16.8 Å².